The highest BCUT2D eigenvalue weighted by Gasteiger charge is 2.22. The second kappa shape index (κ2) is 6.72. The van der Waals surface area contributed by atoms with E-state index in [0.29, 0.717) is 10.7 Å². The fourth-order valence-electron chi connectivity index (χ4n) is 2.46. The Morgan fingerprint density at radius 2 is 2.16 bits per heavy atom. The third kappa shape index (κ3) is 3.90. The van der Waals surface area contributed by atoms with E-state index >= 15 is 0 Å². The monoisotopic (exact) mass is 357 g/mol. The van der Waals surface area contributed by atoms with Crippen molar-refractivity contribution in [3.05, 3.63) is 51.7 Å². The summed E-state index contributed by atoms with van der Waals surface area (Å²) < 4.78 is 0. The van der Waals surface area contributed by atoms with Crippen LogP contribution in [0.4, 0.5) is 0 Å². The topological polar surface area (TPSA) is 95.0 Å². The number of thioether (sulfide) groups is 1. The lowest BCUT2D eigenvalue weighted by molar-refractivity contribution is -0.124. The molecule has 0 radical (unpaired) electrons. The number of hydrogen-bond acceptors (Lipinski definition) is 6. The van der Waals surface area contributed by atoms with Crippen LogP contribution in [0.3, 0.4) is 0 Å². The maximum Gasteiger partial charge on any atom is 0.265 e. The van der Waals surface area contributed by atoms with Gasteiger partial charge in [-0.15, -0.1) is 5.10 Å². The van der Waals surface area contributed by atoms with Crippen molar-refractivity contribution in [1.29, 1.82) is 0 Å². The van der Waals surface area contributed by atoms with Gasteiger partial charge in [0.05, 0.1) is 11.4 Å². The van der Waals surface area contributed by atoms with Gasteiger partial charge in [-0.05, 0) is 50.6 Å². The summed E-state index contributed by atoms with van der Waals surface area (Å²) in [5, 5.41) is 25.4. The molecule has 1 aliphatic rings. The van der Waals surface area contributed by atoms with E-state index in [0.717, 1.165) is 11.1 Å². The highest BCUT2D eigenvalue weighted by molar-refractivity contribution is 8.06. The Morgan fingerprint density at radius 1 is 1.36 bits per heavy atom. The minimum atomic E-state index is -0.187. The largest absolute Gasteiger partial charge is 0.508 e. The predicted octanol–water partition coefficient (Wildman–Crippen LogP) is 2.79. The average Bonchev–Trinajstić information content (AvgIpc) is 3.05. The Hall–Kier alpha value is -2.61. The van der Waals surface area contributed by atoms with Gasteiger partial charge in [-0.2, -0.15) is 0 Å². The molecule has 0 saturated carbocycles. The molecule has 0 atom stereocenters. The normalized spacial score (nSPS) is 16.7. The van der Waals surface area contributed by atoms with Crippen LogP contribution in [0.2, 0.25) is 0 Å². The highest BCUT2D eigenvalue weighted by atomic mass is 32.2. The van der Waals surface area contributed by atoms with Crippen molar-refractivity contribution in [3.63, 3.8) is 0 Å². The first-order chi connectivity index (χ1) is 11.8. The second-order valence-electron chi connectivity index (χ2n) is 6.72. The summed E-state index contributed by atoms with van der Waals surface area (Å²) in [5.41, 5.74) is 1.53. The molecular formula is C17H19N5O2S. The molecule has 2 aromatic rings. The van der Waals surface area contributed by atoms with Crippen LogP contribution < -0.4 is 0 Å². The van der Waals surface area contributed by atoms with E-state index in [1.54, 1.807) is 23.2 Å². The molecule has 8 heteroatoms. The zero-order valence-electron chi connectivity index (χ0n) is 14.2. The molecular weight excluding hydrogens is 338 g/mol. The summed E-state index contributed by atoms with van der Waals surface area (Å²) in [6.45, 7) is 6.39. The number of nitrogens with zero attached hydrogens (tertiary/aromatic N) is 4. The van der Waals surface area contributed by atoms with Crippen molar-refractivity contribution < 1.29 is 9.90 Å². The van der Waals surface area contributed by atoms with Crippen molar-refractivity contribution in [3.8, 4) is 5.75 Å². The van der Waals surface area contributed by atoms with Gasteiger partial charge < -0.3 is 10.0 Å². The molecule has 130 valence electrons. The van der Waals surface area contributed by atoms with Crippen molar-refractivity contribution in [1.82, 2.24) is 25.5 Å². The third-order valence-electron chi connectivity index (χ3n) is 3.74. The fourth-order valence-corrected chi connectivity index (χ4v) is 3.24. The number of aromatic hydroxyl groups is 1. The number of carbonyl (C=O) groups is 1. The van der Waals surface area contributed by atoms with Crippen molar-refractivity contribution in [2.24, 2.45) is 0 Å². The lowest BCUT2D eigenvalue weighted by atomic mass is 9.85. The van der Waals surface area contributed by atoms with Crippen LogP contribution in [-0.2, 0) is 16.8 Å². The molecule has 3 rings (SSSR count). The number of nitrogens with one attached hydrogen (secondary N) is 1. The van der Waals surface area contributed by atoms with E-state index in [2.05, 4.69) is 20.6 Å². The van der Waals surface area contributed by atoms with Gasteiger partial charge in [-0.25, -0.2) is 5.10 Å². The maximum atomic E-state index is 12.7. The first-order valence-electron chi connectivity index (χ1n) is 7.77. The van der Waals surface area contributed by atoms with Crippen LogP contribution in [-0.4, -0.2) is 36.5 Å². The van der Waals surface area contributed by atoms with Gasteiger partial charge in [-0.1, -0.05) is 38.6 Å². The molecule has 25 heavy (non-hydrogen) atoms. The van der Waals surface area contributed by atoms with Gasteiger partial charge in [0.15, 0.2) is 5.82 Å². The minimum Gasteiger partial charge on any atom is -0.508 e. The molecule has 0 fully saturated rings. The molecule has 0 aliphatic carbocycles. The molecule has 0 spiro atoms. The summed E-state index contributed by atoms with van der Waals surface area (Å²) in [5.74, 6) is 0.662. The average molecular weight is 357 g/mol. The number of rotatable bonds is 3. The first kappa shape index (κ1) is 17.2. The van der Waals surface area contributed by atoms with Crippen LogP contribution >= 0.6 is 11.8 Å². The molecule has 2 N–H and O–H groups in total. The summed E-state index contributed by atoms with van der Waals surface area (Å²) >= 11 is 1.37. The molecule has 2 heterocycles. The number of phenols is 1. The van der Waals surface area contributed by atoms with Crippen molar-refractivity contribution >= 4 is 23.7 Å². The van der Waals surface area contributed by atoms with E-state index in [4.69, 9.17) is 0 Å². The Bertz CT molecular complexity index is 837. The molecule has 1 aromatic carbocycles. The Labute approximate surface area is 149 Å². The molecule has 7 nitrogen and oxygen atoms in total. The number of tetrazole rings is 1. The van der Waals surface area contributed by atoms with Gasteiger partial charge in [-0.3, -0.25) is 4.79 Å². The Balaban J connectivity index is 1.86. The van der Waals surface area contributed by atoms with Crippen LogP contribution in [0.25, 0.3) is 6.08 Å². The summed E-state index contributed by atoms with van der Waals surface area (Å²) in [7, 11) is 0. The maximum absolute atomic E-state index is 12.7. The van der Waals surface area contributed by atoms with E-state index in [9.17, 15) is 9.90 Å². The molecule has 1 aromatic heterocycles. The third-order valence-corrected chi connectivity index (χ3v) is 4.55. The van der Waals surface area contributed by atoms with Gasteiger partial charge in [0, 0.05) is 6.20 Å². The number of aromatic nitrogens is 4. The van der Waals surface area contributed by atoms with Crippen LogP contribution in [0.1, 0.15) is 37.7 Å². The standard InChI is InChI=1S/C17H19N5O2S/c1-17(2,3)12-8-11(4-5-13(12)23)9-14-16(24)22(6-7-25-14)10-15-18-20-21-19-15/h4-9,23H,10H2,1-3H3,(H,18,19,20,21). The van der Waals surface area contributed by atoms with Crippen molar-refractivity contribution in [2.75, 3.05) is 0 Å². The Kier molecular flexibility index (Phi) is 4.63. The lowest BCUT2D eigenvalue weighted by Gasteiger charge is -2.22. The Morgan fingerprint density at radius 3 is 2.84 bits per heavy atom. The summed E-state index contributed by atoms with van der Waals surface area (Å²) in [6, 6.07) is 5.38. The van der Waals surface area contributed by atoms with Crippen molar-refractivity contribution in [2.45, 2.75) is 32.7 Å². The van der Waals surface area contributed by atoms with Crippen LogP contribution in [0.15, 0.2) is 34.7 Å². The molecule has 0 unspecified atom stereocenters. The first-order valence-corrected chi connectivity index (χ1v) is 8.64. The summed E-state index contributed by atoms with van der Waals surface area (Å²) in [4.78, 5) is 14.8. The smallest absolute Gasteiger partial charge is 0.265 e. The van der Waals surface area contributed by atoms with Gasteiger partial charge in [0.1, 0.15) is 5.75 Å². The number of phenolic OH excluding ortho intramolecular Hbond substituents is 1. The lowest BCUT2D eigenvalue weighted by Crippen LogP contribution is -2.28. The molecule has 1 aliphatic heterocycles. The minimum absolute atomic E-state index is 0.116. The number of aromatic amines is 1. The molecule has 0 saturated heterocycles. The number of carbonyl (C=O) groups excluding carboxylic acids is 1. The van der Waals surface area contributed by atoms with Gasteiger partial charge >= 0.3 is 0 Å². The number of amides is 1. The zero-order valence-corrected chi connectivity index (χ0v) is 15.0. The molecule has 0 bridgehead atoms. The zero-order chi connectivity index (χ0) is 18.0. The van der Waals surface area contributed by atoms with Gasteiger partial charge in [0.2, 0.25) is 0 Å². The van der Waals surface area contributed by atoms with Crippen LogP contribution in [0, 0.1) is 0 Å². The molecule has 1 amide bonds. The summed E-state index contributed by atoms with van der Waals surface area (Å²) in [6.07, 6.45) is 3.54. The number of hydrogen-bond donors (Lipinski definition) is 2. The number of H-pyrrole nitrogens is 1. The SMILES string of the molecule is CC(C)(C)c1cc(C=C2SC=CN(Cc3nnn[nH]3)C2=O)ccc1O. The van der Waals surface area contributed by atoms with Crippen LogP contribution in [0.5, 0.6) is 5.75 Å². The van der Waals surface area contributed by atoms with E-state index in [-0.39, 0.29) is 23.6 Å². The van der Waals surface area contributed by atoms with E-state index in [1.165, 1.54) is 11.8 Å². The quantitative estimate of drug-likeness (QED) is 0.820. The van der Waals surface area contributed by atoms with E-state index in [1.807, 2.05) is 38.3 Å². The highest BCUT2D eigenvalue weighted by Crippen LogP contribution is 2.33. The van der Waals surface area contributed by atoms with Gasteiger partial charge in [0.25, 0.3) is 5.91 Å². The predicted molar refractivity (Wildman–Crippen MR) is 96.2 cm³/mol. The second-order valence-corrected chi connectivity index (χ2v) is 7.67. The van der Waals surface area contributed by atoms with E-state index < -0.39 is 0 Å². The fraction of sp³-hybridized carbons (Fsp3) is 0.294. The number of benzene rings is 1.